The predicted molar refractivity (Wildman–Crippen MR) is 65.5 cm³/mol. The van der Waals surface area contributed by atoms with Crippen molar-refractivity contribution in [1.82, 2.24) is 15.5 Å². The maximum absolute atomic E-state index is 11.9. The lowest BCUT2D eigenvalue weighted by molar-refractivity contribution is -0.137. The summed E-state index contributed by atoms with van der Waals surface area (Å²) >= 11 is 0. The Labute approximate surface area is 106 Å². The summed E-state index contributed by atoms with van der Waals surface area (Å²) in [6.07, 6.45) is 1.74. The Morgan fingerprint density at radius 2 is 2.11 bits per heavy atom. The molecule has 0 spiro atoms. The van der Waals surface area contributed by atoms with Crippen molar-refractivity contribution in [3.63, 3.8) is 0 Å². The number of carboxylic acid groups (broad SMARTS) is 1. The number of carboxylic acids is 1. The van der Waals surface area contributed by atoms with Crippen LogP contribution in [0.4, 0.5) is 4.79 Å². The van der Waals surface area contributed by atoms with Gasteiger partial charge in [0, 0.05) is 19.7 Å². The molecular weight excluding hydrogens is 238 g/mol. The van der Waals surface area contributed by atoms with E-state index in [-0.39, 0.29) is 25.2 Å². The molecule has 1 rings (SSSR count). The number of ether oxygens (including phenoxy) is 1. The van der Waals surface area contributed by atoms with Crippen LogP contribution in [-0.4, -0.2) is 67.9 Å². The highest BCUT2D eigenvalue weighted by molar-refractivity contribution is 5.80. The SMILES string of the molecule is COCCN(CC(=O)O)C(=O)NC1CCNCC1. The van der Waals surface area contributed by atoms with Crippen LogP contribution in [0.5, 0.6) is 0 Å². The van der Waals surface area contributed by atoms with Gasteiger partial charge in [-0.25, -0.2) is 4.79 Å². The zero-order valence-corrected chi connectivity index (χ0v) is 10.6. The van der Waals surface area contributed by atoms with Crippen molar-refractivity contribution >= 4 is 12.0 Å². The number of methoxy groups -OCH3 is 1. The maximum atomic E-state index is 11.9. The van der Waals surface area contributed by atoms with Crippen LogP contribution in [0.2, 0.25) is 0 Å². The Morgan fingerprint density at radius 1 is 1.44 bits per heavy atom. The van der Waals surface area contributed by atoms with Gasteiger partial charge in [0.1, 0.15) is 6.54 Å². The minimum absolute atomic E-state index is 0.123. The van der Waals surface area contributed by atoms with Crippen LogP contribution < -0.4 is 10.6 Å². The third kappa shape index (κ3) is 5.33. The number of hydrogen-bond acceptors (Lipinski definition) is 4. The number of hydrogen-bond donors (Lipinski definition) is 3. The Hall–Kier alpha value is -1.34. The third-order valence-corrected chi connectivity index (χ3v) is 2.85. The van der Waals surface area contributed by atoms with E-state index in [1.54, 1.807) is 0 Å². The fourth-order valence-electron chi connectivity index (χ4n) is 1.85. The highest BCUT2D eigenvalue weighted by atomic mass is 16.5. The molecule has 3 N–H and O–H groups in total. The van der Waals surface area contributed by atoms with E-state index in [9.17, 15) is 9.59 Å². The molecule has 2 amide bonds. The summed E-state index contributed by atoms with van der Waals surface area (Å²) in [6, 6.07) is -0.209. The molecule has 0 saturated carbocycles. The molecule has 1 aliphatic rings. The molecule has 7 heteroatoms. The van der Waals surface area contributed by atoms with Crippen molar-refractivity contribution < 1.29 is 19.4 Å². The molecule has 0 atom stereocenters. The Kier molecular flexibility index (Phi) is 6.45. The van der Waals surface area contributed by atoms with Crippen LogP contribution in [0.1, 0.15) is 12.8 Å². The van der Waals surface area contributed by atoms with Gasteiger partial charge in [0.05, 0.1) is 6.61 Å². The Morgan fingerprint density at radius 3 is 2.67 bits per heavy atom. The van der Waals surface area contributed by atoms with E-state index in [4.69, 9.17) is 9.84 Å². The second-order valence-electron chi connectivity index (χ2n) is 4.28. The second kappa shape index (κ2) is 7.88. The summed E-state index contributed by atoms with van der Waals surface area (Å²) in [6.45, 7) is 2.05. The number of nitrogens with zero attached hydrogens (tertiary/aromatic N) is 1. The van der Waals surface area contributed by atoms with E-state index in [1.165, 1.54) is 12.0 Å². The number of carbonyl (C=O) groups excluding carboxylic acids is 1. The van der Waals surface area contributed by atoms with Crippen LogP contribution in [0.25, 0.3) is 0 Å². The van der Waals surface area contributed by atoms with Crippen LogP contribution in [0.3, 0.4) is 0 Å². The summed E-state index contributed by atoms with van der Waals surface area (Å²) in [5, 5.41) is 14.8. The molecule has 0 aromatic rings. The standard InChI is InChI=1S/C11H21N3O4/c1-18-7-6-14(8-10(15)16)11(17)13-9-2-4-12-5-3-9/h9,12H,2-8H2,1H3,(H,13,17)(H,15,16). The minimum Gasteiger partial charge on any atom is -0.480 e. The zero-order valence-electron chi connectivity index (χ0n) is 10.6. The van der Waals surface area contributed by atoms with Gasteiger partial charge in [-0.15, -0.1) is 0 Å². The molecule has 1 fully saturated rings. The summed E-state index contributed by atoms with van der Waals surface area (Å²) in [7, 11) is 1.52. The molecule has 104 valence electrons. The highest BCUT2D eigenvalue weighted by Crippen LogP contribution is 2.03. The quantitative estimate of drug-likeness (QED) is 0.597. The molecule has 0 aromatic heterocycles. The zero-order chi connectivity index (χ0) is 13.4. The van der Waals surface area contributed by atoms with Crippen LogP contribution >= 0.6 is 0 Å². The molecule has 0 radical (unpaired) electrons. The van der Waals surface area contributed by atoms with Crippen LogP contribution in [-0.2, 0) is 9.53 Å². The van der Waals surface area contributed by atoms with Crippen LogP contribution in [0, 0.1) is 0 Å². The first kappa shape index (κ1) is 14.7. The van der Waals surface area contributed by atoms with Crippen molar-refractivity contribution in [2.24, 2.45) is 0 Å². The number of aliphatic carboxylic acids is 1. The summed E-state index contributed by atoms with van der Waals surface area (Å²) in [5.41, 5.74) is 0. The average molecular weight is 259 g/mol. The normalized spacial score (nSPS) is 16.3. The second-order valence-corrected chi connectivity index (χ2v) is 4.28. The number of piperidine rings is 1. The van der Waals surface area contributed by atoms with Crippen molar-refractivity contribution in [2.75, 3.05) is 39.9 Å². The average Bonchev–Trinajstić information content (AvgIpc) is 2.35. The van der Waals surface area contributed by atoms with Gasteiger partial charge in [0.25, 0.3) is 0 Å². The molecule has 18 heavy (non-hydrogen) atoms. The first-order valence-corrected chi connectivity index (χ1v) is 6.10. The monoisotopic (exact) mass is 259 g/mol. The summed E-state index contributed by atoms with van der Waals surface area (Å²) in [4.78, 5) is 23.9. The smallest absolute Gasteiger partial charge is 0.323 e. The van der Waals surface area contributed by atoms with Gasteiger partial charge in [-0.05, 0) is 25.9 Å². The first-order valence-electron chi connectivity index (χ1n) is 6.10. The summed E-state index contributed by atoms with van der Waals surface area (Å²) in [5.74, 6) is -1.02. The number of carbonyl (C=O) groups is 2. The lowest BCUT2D eigenvalue weighted by Gasteiger charge is -2.27. The topological polar surface area (TPSA) is 90.9 Å². The van der Waals surface area contributed by atoms with Crippen LogP contribution in [0.15, 0.2) is 0 Å². The minimum atomic E-state index is -1.02. The van der Waals surface area contributed by atoms with Gasteiger partial charge < -0.3 is 25.4 Å². The molecule has 1 aliphatic heterocycles. The third-order valence-electron chi connectivity index (χ3n) is 2.85. The van der Waals surface area contributed by atoms with E-state index in [0.29, 0.717) is 6.61 Å². The number of rotatable bonds is 6. The molecule has 1 heterocycles. The fraction of sp³-hybridized carbons (Fsp3) is 0.818. The fourth-order valence-corrected chi connectivity index (χ4v) is 1.85. The van der Waals surface area contributed by atoms with E-state index in [1.807, 2.05) is 0 Å². The molecule has 0 aliphatic carbocycles. The Bertz CT molecular complexity index is 279. The molecule has 7 nitrogen and oxygen atoms in total. The largest absolute Gasteiger partial charge is 0.480 e. The lowest BCUT2D eigenvalue weighted by atomic mass is 10.1. The number of amides is 2. The van der Waals surface area contributed by atoms with E-state index < -0.39 is 5.97 Å². The van der Waals surface area contributed by atoms with Crippen molar-refractivity contribution in [2.45, 2.75) is 18.9 Å². The molecule has 0 unspecified atom stereocenters. The van der Waals surface area contributed by atoms with Gasteiger partial charge in [-0.1, -0.05) is 0 Å². The highest BCUT2D eigenvalue weighted by Gasteiger charge is 2.21. The predicted octanol–water partition coefficient (Wildman–Crippen LogP) is -0.519. The number of urea groups is 1. The molecule has 0 bridgehead atoms. The lowest BCUT2D eigenvalue weighted by Crippen LogP contribution is -2.50. The van der Waals surface area contributed by atoms with Gasteiger partial charge in [-0.2, -0.15) is 0 Å². The Balaban J connectivity index is 2.43. The van der Waals surface area contributed by atoms with E-state index >= 15 is 0 Å². The molecule has 1 saturated heterocycles. The molecule has 0 aromatic carbocycles. The van der Waals surface area contributed by atoms with Crippen molar-refractivity contribution in [3.05, 3.63) is 0 Å². The maximum Gasteiger partial charge on any atom is 0.323 e. The van der Waals surface area contributed by atoms with Gasteiger partial charge in [0.15, 0.2) is 0 Å². The van der Waals surface area contributed by atoms with Crippen molar-refractivity contribution in [1.29, 1.82) is 0 Å². The van der Waals surface area contributed by atoms with Gasteiger partial charge in [-0.3, -0.25) is 4.79 Å². The van der Waals surface area contributed by atoms with E-state index in [0.717, 1.165) is 25.9 Å². The van der Waals surface area contributed by atoms with Crippen molar-refractivity contribution in [3.8, 4) is 0 Å². The van der Waals surface area contributed by atoms with Gasteiger partial charge in [0.2, 0.25) is 0 Å². The van der Waals surface area contributed by atoms with E-state index in [2.05, 4.69) is 10.6 Å². The number of nitrogens with one attached hydrogen (secondary N) is 2. The first-order chi connectivity index (χ1) is 8.63. The molecular formula is C11H21N3O4. The summed E-state index contributed by atoms with van der Waals surface area (Å²) < 4.78 is 4.87. The van der Waals surface area contributed by atoms with Gasteiger partial charge >= 0.3 is 12.0 Å².